The number of aryl methyl sites for hydroxylation is 1. The molecular formula is C7H9N5O2. The Hall–Kier alpha value is -1.76. The molecule has 2 heterocycles. The standard InChI is InChI=1S/C7H9N5O2/c1-5-7(10-14-9-5)3-12-6(4-13)2-8-11-12/h2,13H,3-4H2,1H3. The lowest BCUT2D eigenvalue weighted by atomic mass is 10.3. The Bertz CT molecular complexity index is 421. The number of aliphatic hydroxyl groups is 1. The van der Waals surface area contributed by atoms with Crippen molar-refractivity contribution in [1.82, 2.24) is 25.3 Å². The second kappa shape index (κ2) is 3.54. The van der Waals surface area contributed by atoms with Gasteiger partial charge in [-0.15, -0.1) is 5.10 Å². The highest BCUT2D eigenvalue weighted by atomic mass is 16.6. The maximum atomic E-state index is 8.94. The fourth-order valence-corrected chi connectivity index (χ4v) is 1.07. The normalized spacial score (nSPS) is 10.7. The second-order valence-corrected chi connectivity index (χ2v) is 2.84. The Morgan fingerprint density at radius 2 is 2.36 bits per heavy atom. The molecule has 0 unspecified atom stereocenters. The quantitative estimate of drug-likeness (QED) is 0.710. The van der Waals surface area contributed by atoms with Crippen molar-refractivity contribution in [2.24, 2.45) is 0 Å². The molecule has 0 atom stereocenters. The lowest BCUT2D eigenvalue weighted by Crippen LogP contribution is -2.07. The predicted molar refractivity (Wildman–Crippen MR) is 44.1 cm³/mol. The summed E-state index contributed by atoms with van der Waals surface area (Å²) >= 11 is 0. The highest BCUT2D eigenvalue weighted by molar-refractivity contribution is 5.06. The zero-order chi connectivity index (χ0) is 9.97. The van der Waals surface area contributed by atoms with Crippen LogP contribution in [0.2, 0.25) is 0 Å². The first-order valence-corrected chi connectivity index (χ1v) is 4.07. The molecule has 2 aromatic rings. The van der Waals surface area contributed by atoms with Gasteiger partial charge in [0.15, 0.2) is 0 Å². The third-order valence-corrected chi connectivity index (χ3v) is 1.91. The maximum Gasteiger partial charge on any atom is 0.129 e. The number of aliphatic hydroxyl groups excluding tert-OH is 1. The molecule has 0 saturated carbocycles. The molecule has 0 aliphatic rings. The van der Waals surface area contributed by atoms with Crippen LogP contribution in [0.4, 0.5) is 0 Å². The SMILES string of the molecule is Cc1nonc1Cn1nncc1CO. The minimum Gasteiger partial charge on any atom is -0.390 e. The van der Waals surface area contributed by atoms with Gasteiger partial charge >= 0.3 is 0 Å². The monoisotopic (exact) mass is 195 g/mol. The summed E-state index contributed by atoms with van der Waals surface area (Å²) in [4.78, 5) is 0. The Balaban J connectivity index is 2.22. The molecular weight excluding hydrogens is 186 g/mol. The van der Waals surface area contributed by atoms with Gasteiger partial charge in [0.1, 0.15) is 11.4 Å². The van der Waals surface area contributed by atoms with Crippen LogP contribution in [0.25, 0.3) is 0 Å². The van der Waals surface area contributed by atoms with E-state index in [1.54, 1.807) is 11.6 Å². The minimum atomic E-state index is -0.0999. The van der Waals surface area contributed by atoms with E-state index < -0.39 is 0 Å². The van der Waals surface area contributed by atoms with Gasteiger partial charge in [0, 0.05) is 0 Å². The fourth-order valence-electron chi connectivity index (χ4n) is 1.07. The van der Waals surface area contributed by atoms with Crippen molar-refractivity contribution in [3.05, 3.63) is 23.3 Å². The molecule has 0 amide bonds. The number of nitrogens with zero attached hydrogens (tertiary/aromatic N) is 5. The molecule has 14 heavy (non-hydrogen) atoms. The van der Waals surface area contributed by atoms with Gasteiger partial charge in [0.25, 0.3) is 0 Å². The van der Waals surface area contributed by atoms with Crippen molar-refractivity contribution in [2.75, 3.05) is 0 Å². The van der Waals surface area contributed by atoms with Crippen molar-refractivity contribution in [2.45, 2.75) is 20.1 Å². The topological polar surface area (TPSA) is 89.9 Å². The van der Waals surface area contributed by atoms with Crippen LogP contribution < -0.4 is 0 Å². The molecule has 0 radical (unpaired) electrons. The van der Waals surface area contributed by atoms with E-state index >= 15 is 0 Å². The summed E-state index contributed by atoms with van der Waals surface area (Å²) in [7, 11) is 0. The van der Waals surface area contributed by atoms with Gasteiger partial charge in [0.05, 0.1) is 25.0 Å². The van der Waals surface area contributed by atoms with E-state index in [1.807, 2.05) is 0 Å². The van der Waals surface area contributed by atoms with E-state index in [0.717, 1.165) is 0 Å². The van der Waals surface area contributed by atoms with Crippen LogP contribution in [-0.2, 0) is 13.2 Å². The van der Waals surface area contributed by atoms with Crippen LogP contribution in [0.1, 0.15) is 17.1 Å². The Labute approximate surface area is 79.3 Å². The predicted octanol–water partition coefficient (Wildman–Crippen LogP) is -0.490. The number of rotatable bonds is 3. The molecule has 7 nitrogen and oxygen atoms in total. The van der Waals surface area contributed by atoms with Gasteiger partial charge in [-0.2, -0.15) is 0 Å². The zero-order valence-corrected chi connectivity index (χ0v) is 7.58. The molecule has 0 aromatic carbocycles. The Morgan fingerprint density at radius 1 is 1.50 bits per heavy atom. The van der Waals surface area contributed by atoms with E-state index in [9.17, 15) is 0 Å². The van der Waals surface area contributed by atoms with E-state index in [4.69, 9.17) is 5.11 Å². The zero-order valence-electron chi connectivity index (χ0n) is 7.58. The van der Waals surface area contributed by atoms with Crippen LogP contribution in [-0.4, -0.2) is 30.4 Å². The third-order valence-electron chi connectivity index (χ3n) is 1.91. The average Bonchev–Trinajstić information content (AvgIpc) is 2.77. The molecule has 2 rings (SSSR count). The summed E-state index contributed by atoms with van der Waals surface area (Å²) in [5, 5.41) is 23.8. The third kappa shape index (κ3) is 1.49. The first-order chi connectivity index (χ1) is 6.81. The van der Waals surface area contributed by atoms with E-state index in [0.29, 0.717) is 23.6 Å². The highest BCUT2D eigenvalue weighted by Crippen LogP contribution is 2.04. The molecule has 0 saturated heterocycles. The maximum absolute atomic E-state index is 8.94. The molecule has 0 fully saturated rings. The number of hydrogen-bond donors (Lipinski definition) is 1. The van der Waals surface area contributed by atoms with Gasteiger partial charge in [0.2, 0.25) is 0 Å². The van der Waals surface area contributed by atoms with Crippen LogP contribution in [0.15, 0.2) is 10.8 Å². The summed E-state index contributed by atoms with van der Waals surface area (Å²) in [5.74, 6) is 0. The largest absolute Gasteiger partial charge is 0.390 e. The molecule has 1 N–H and O–H groups in total. The lowest BCUT2D eigenvalue weighted by molar-refractivity contribution is 0.268. The van der Waals surface area contributed by atoms with Gasteiger partial charge in [-0.3, -0.25) is 0 Å². The Kier molecular flexibility index (Phi) is 2.23. The summed E-state index contributed by atoms with van der Waals surface area (Å²) in [5.41, 5.74) is 2.03. The molecule has 0 bridgehead atoms. The summed E-state index contributed by atoms with van der Waals surface area (Å²) in [6.45, 7) is 2.10. The molecule has 0 aliphatic carbocycles. The van der Waals surface area contributed by atoms with Crippen molar-refractivity contribution < 1.29 is 9.74 Å². The molecule has 7 heteroatoms. The van der Waals surface area contributed by atoms with E-state index in [1.165, 1.54) is 6.20 Å². The minimum absolute atomic E-state index is 0.0999. The summed E-state index contributed by atoms with van der Waals surface area (Å²) in [6.07, 6.45) is 1.50. The fraction of sp³-hybridized carbons (Fsp3) is 0.429. The number of aromatic nitrogens is 5. The van der Waals surface area contributed by atoms with Gasteiger partial charge in [-0.25, -0.2) is 9.31 Å². The first kappa shape index (κ1) is 8.82. The molecule has 2 aromatic heterocycles. The number of hydrogen-bond acceptors (Lipinski definition) is 6. The average molecular weight is 195 g/mol. The molecule has 74 valence electrons. The van der Waals surface area contributed by atoms with Crippen LogP contribution in [0.5, 0.6) is 0 Å². The summed E-state index contributed by atoms with van der Waals surface area (Å²) < 4.78 is 6.09. The van der Waals surface area contributed by atoms with Crippen LogP contribution in [0.3, 0.4) is 0 Å². The van der Waals surface area contributed by atoms with Crippen molar-refractivity contribution in [1.29, 1.82) is 0 Å². The molecule has 0 aliphatic heterocycles. The highest BCUT2D eigenvalue weighted by Gasteiger charge is 2.09. The van der Waals surface area contributed by atoms with Crippen molar-refractivity contribution >= 4 is 0 Å². The summed E-state index contributed by atoms with van der Waals surface area (Å²) in [6, 6.07) is 0. The van der Waals surface area contributed by atoms with Crippen LogP contribution in [0, 0.1) is 6.92 Å². The van der Waals surface area contributed by atoms with Crippen molar-refractivity contribution in [3.63, 3.8) is 0 Å². The lowest BCUT2D eigenvalue weighted by Gasteiger charge is -2.00. The van der Waals surface area contributed by atoms with Crippen LogP contribution >= 0.6 is 0 Å². The first-order valence-electron chi connectivity index (χ1n) is 4.07. The van der Waals surface area contributed by atoms with Crippen molar-refractivity contribution in [3.8, 4) is 0 Å². The van der Waals surface area contributed by atoms with Gasteiger partial charge in [-0.05, 0) is 6.92 Å². The van der Waals surface area contributed by atoms with Gasteiger partial charge in [-0.1, -0.05) is 15.5 Å². The van der Waals surface area contributed by atoms with Gasteiger partial charge < -0.3 is 5.11 Å². The van der Waals surface area contributed by atoms with E-state index in [2.05, 4.69) is 25.3 Å². The van der Waals surface area contributed by atoms with E-state index in [-0.39, 0.29) is 6.61 Å². The molecule has 0 spiro atoms. The smallest absolute Gasteiger partial charge is 0.129 e. The second-order valence-electron chi connectivity index (χ2n) is 2.84. The Morgan fingerprint density at radius 3 is 3.00 bits per heavy atom.